The Hall–Kier alpha value is -3.21. The van der Waals surface area contributed by atoms with Crippen molar-refractivity contribution in [3.05, 3.63) is 36.2 Å². The second-order valence-electron chi connectivity index (χ2n) is 7.16. The molecule has 2 aliphatic heterocycles. The van der Waals surface area contributed by atoms with Crippen molar-refractivity contribution in [1.82, 2.24) is 25.1 Å². The van der Waals surface area contributed by atoms with Crippen LogP contribution in [-0.2, 0) is 4.74 Å². The first-order valence-corrected chi connectivity index (χ1v) is 9.47. The molecule has 30 heavy (non-hydrogen) atoms. The molecule has 0 saturated carbocycles. The number of aromatic nitrogens is 4. The minimum absolute atomic E-state index is 0.0505. The third-order valence-electron chi connectivity index (χ3n) is 5.38. The van der Waals surface area contributed by atoms with Gasteiger partial charge in [0.25, 0.3) is 6.43 Å². The highest BCUT2D eigenvalue weighted by atomic mass is 19.3. The Labute approximate surface area is 168 Å². The highest BCUT2D eigenvalue weighted by molar-refractivity contribution is 5.95. The summed E-state index contributed by atoms with van der Waals surface area (Å²) in [4.78, 5) is 19.8. The third kappa shape index (κ3) is 2.96. The number of ether oxygens (including phenoxy) is 1. The van der Waals surface area contributed by atoms with Gasteiger partial charge in [-0.05, 0) is 19.0 Å². The van der Waals surface area contributed by atoms with Gasteiger partial charge < -0.3 is 10.1 Å². The number of fused-ring (bicyclic) bond motifs is 2. The smallest absolute Gasteiger partial charge is 0.413 e. The fourth-order valence-electron chi connectivity index (χ4n) is 4.03. The molecule has 0 bridgehead atoms. The summed E-state index contributed by atoms with van der Waals surface area (Å²) in [5.74, 6) is -0.0505. The van der Waals surface area contributed by atoms with E-state index in [1.165, 1.54) is 6.33 Å². The number of nitrogens with zero attached hydrogens (tertiary/aromatic N) is 4. The molecule has 3 aromatic rings. The Morgan fingerprint density at radius 3 is 2.83 bits per heavy atom. The first kappa shape index (κ1) is 18.8. The summed E-state index contributed by atoms with van der Waals surface area (Å²) in [6, 6.07) is 6.67. The van der Waals surface area contributed by atoms with Crippen LogP contribution < -0.4 is 10.6 Å². The number of halogens is 3. The van der Waals surface area contributed by atoms with Crippen LogP contribution in [0.4, 0.5) is 23.8 Å². The number of alkyl halides is 3. The van der Waals surface area contributed by atoms with Crippen molar-refractivity contribution >= 4 is 22.8 Å². The number of hydrogen-bond donors (Lipinski definition) is 2. The van der Waals surface area contributed by atoms with E-state index in [-0.39, 0.29) is 23.6 Å². The highest BCUT2D eigenvalue weighted by Gasteiger charge is 2.39. The zero-order valence-electron chi connectivity index (χ0n) is 15.6. The summed E-state index contributed by atoms with van der Waals surface area (Å²) in [7, 11) is 0. The number of carbonyl (C=O) groups is 1. The average Bonchev–Trinajstić information content (AvgIpc) is 3.12. The summed E-state index contributed by atoms with van der Waals surface area (Å²) in [5.41, 5.74) is 1.04. The third-order valence-corrected chi connectivity index (χ3v) is 5.38. The van der Waals surface area contributed by atoms with Crippen LogP contribution in [0.2, 0.25) is 0 Å². The Kier molecular flexibility index (Phi) is 4.54. The molecular formula is C19H17F3N6O2. The molecule has 11 heteroatoms. The van der Waals surface area contributed by atoms with Crippen LogP contribution in [0, 0.1) is 0 Å². The predicted octanol–water partition coefficient (Wildman–Crippen LogP) is 3.23. The molecule has 1 amide bonds. The molecule has 0 radical (unpaired) electrons. The molecule has 0 aliphatic carbocycles. The standard InChI is InChI=1S/C19H17F3N6O2/c20-10-7-23-6-5-12(10)28-11-4-2-1-3-9(11)14(27-28)15-13-16(17(21)22)30-19(29)26-18(13)25-8-24-15/h1-4,8,10,12,16-17,23H,5-7H2,(H,24,25,26,29)/t10-,12+,16-/m1/s1. The molecule has 8 nitrogen and oxygen atoms in total. The van der Waals surface area contributed by atoms with Crippen molar-refractivity contribution < 1.29 is 22.7 Å². The van der Waals surface area contributed by atoms with Gasteiger partial charge in [-0.1, -0.05) is 18.2 Å². The van der Waals surface area contributed by atoms with E-state index in [1.54, 1.807) is 28.9 Å². The van der Waals surface area contributed by atoms with Crippen molar-refractivity contribution in [3.8, 4) is 11.4 Å². The lowest BCUT2D eigenvalue weighted by Crippen LogP contribution is -2.39. The SMILES string of the molecule is O=C1Nc2ncnc(-c3nn([C@H]4CCNC[C@H]4F)c4ccccc34)c2[C@H](C(F)F)O1. The van der Waals surface area contributed by atoms with Crippen molar-refractivity contribution in [2.75, 3.05) is 18.4 Å². The van der Waals surface area contributed by atoms with E-state index in [2.05, 4.69) is 25.7 Å². The number of para-hydroxylation sites is 1. The number of piperidine rings is 1. The van der Waals surface area contributed by atoms with Gasteiger partial charge in [-0.25, -0.2) is 27.9 Å². The number of anilines is 1. The quantitative estimate of drug-likeness (QED) is 0.678. The average molecular weight is 418 g/mol. The molecule has 1 aromatic carbocycles. The van der Waals surface area contributed by atoms with Gasteiger partial charge in [-0.3, -0.25) is 10.00 Å². The second-order valence-corrected chi connectivity index (χ2v) is 7.16. The molecule has 2 aliphatic rings. The van der Waals surface area contributed by atoms with Crippen molar-refractivity contribution in [1.29, 1.82) is 0 Å². The maximum Gasteiger partial charge on any atom is 0.413 e. The van der Waals surface area contributed by atoms with Gasteiger partial charge in [-0.15, -0.1) is 0 Å². The Bertz CT molecular complexity index is 1120. The van der Waals surface area contributed by atoms with Crippen LogP contribution in [0.5, 0.6) is 0 Å². The first-order valence-electron chi connectivity index (χ1n) is 9.47. The van der Waals surface area contributed by atoms with E-state index >= 15 is 0 Å². The Morgan fingerprint density at radius 1 is 1.20 bits per heavy atom. The van der Waals surface area contributed by atoms with E-state index in [0.717, 1.165) is 0 Å². The predicted molar refractivity (Wildman–Crippen MR) is 101 cm³/mol. The van der Waals surface area contributed by atoms with Gasteiger partial charge in [0.15, 0.2) is 6.10 Å². The number of amides is 1. The lowest BCUT2D eigenvalue weighted by atomic mass is 10.0. The molecular weight excluding hydrogens is 401 g/mol. The minimum atomic E-state index is -2.98. The fraction of sp³-hybridized carbons (Fsp3) is 0.368. The number of nitrogens with one attached hydrogen (secondary N) is 2. The van der Waals surface area contributed by atoms with Gasteiger partial charge in [0.05, 0.1) is 17.1 Å². The molecule has 0 unspecified atom stereocenters. The van der Waals surface area contributed by atoms with Gasteiger partial charge in [-0.2, -0.15) is 5.10 Å². The van der Waals surface area contributed by atoms with Crippen LogP contribution in [-0.4, -0.2) is 51.5 Å². The summed E-state index contributed by atoms with van der Waals surface area (Å²) >= 11 is 0. The van der Waals surface area contributed by atoms with E-state index in [0.29, 0.717) is 29.6 Å². The maximum absolute atomic E-state index is 14.6. The lowest BCUT2D eigenvalue weighted by molar-refractivity contribution is -0.0170. The van der Waals surface area contributed by atoms with Gasteiger partial charge in [0.1, 0.15) is 29.7 Å². The molecule has 2 aromatic heterocycles. The molecule has 156 valence electrons. The van der Waals surface area contributed by atoms with Crippen molar-refractivity contribution in [2.45, 2.75) is 31.2 Å². The fourth-order valence-corrected chi connectivity index (χ4v) is 4.03. The van der Waals surface area contributed by atoms with Gasteiger partial charge in [0.2, 0.25) is 0 Å². The molecule has 0 spiro atoms. The number of benzene rings is 1. The second kappa shape index (κ2) is 7.24. The zero-order valence-corrected chi connectivity index (χ0v) is 15.6. The van der Waals surface area contributed by atoms with E-state index in [1.807, 2.05) is 0 Å². The minimum Gasteiger partial charge on any atom is -0.435 e. The Balaban J connectivity index is 1.72. The normalized spacial score (nSPS) is 23.9. The van der Waals surface area contributed by atoms with Crippen LogP contribution in [0.3, 0.4) is 0 Å². The molecule has 5 rings (SSSR count). The van der Waals surface area contributed by atoms with E-state index in [4.69, 9.17) is 4.74 Å². The van der Waals surface area contributed by atoms with Crippen LogP contribution >= 0.6 is 0 Å². The summed E-state index contributed by atoms with van der Waals surface area (Å²) in [5, 5.41) is 10.6. The molecule has 2 N–H and O–H groups in total. The number of rotatable bonds is 3. The lowest BCUT2D eigenvalue weighted by Gasteiger charge is -2.27. The van der Waals surface area contributed by atoms with E-state index in [9.17, 15) is 18.0 Å². The van der Waals surface area contributed by atoms with Crippen LogP contribution in [0.25, 0.3) is 22.3 Å². The van der Waals surface area contributed by atoms with Crippen molar-refractivity contribution in [2.24, 2.45) is 0 Å². The molecule has 1 saturated heterocycles. The molecule has 4 heterocycles. The Morgan fingerprint density at radius 2 is 2.03 bits per heavy atom. The number of cyclic esters (lactones) is 1. The highest BCUT2D eigenvalue weighted by Crippen LogP contribution is 2.41. The van der Waals surface area contributed by atoms with Gasteiger partial charge in [0, 0.05) is 11.9 Å². The first-order chi connectivity index (χ1) is 14.5. The molecule has 1 fully saturated rings. The van der Waals surface area contributed by atoms with Crippen LogP contribution in [0.1, 0.15) is 24.1 Å². The number of carbonyl (C=O) groups excluding carboxylic acids is 1. The van der Waals surface area contributed by atoms with Crippen LogP contribution in [0.15, 0.2) is 30.6 Å². The topological polar surface area (TPSA) is 94.0 Å². The largest absolute Gasteiger partial charge is 0.435 e. The summed E-state index contributed by atoms with van der Waals surface area (Å²) in [6.07, 6.45) is -5.27. The van der Waals surface area contributed by atoms with Gasteiger partial charge >= 0.3 is 6.09 Å². The summed E-state index contributed by atoms with van der Waals surface area (Å²) < 4.78 is 48.4. The monoisotopic (exact) mass is 418 g/mol. The number of hydrogen-bond acceptors (Lipinski definition) is 6. The maximum atomic E-state index is 14.6. The summed E-state index contributed by atoms with van der Waals surface area (Å²) in [6.45, 7) is 0.856. The van der Waals surface area contributed by atoms with E-state index < -0.39 is 30.8 Å². The van der Waals surface area contributed by atoms with Crippen molar-refractivity contribution in [3.63, 3.8) is 0 Å². The molecule has 3 atom stereocenters. The zero-order chi connectivity index (χ0) is 20.8.